The summed E-state index contributed by atoms with van der Waals surface area (Å²) in [4.78, 5) is 9.07. The molecule has 1 fully saturated rings. The lowest BCUT2D eigenvalue weighted by atomic mass is 9.67. The van der Waals surface area contributed by atoms with Crippen LogP contribution in [-0.2, 0) is 12.6 Å². The van der Waals surface area contributed by atoms with E-state index in [1.54, 1.807) is 4.68 Å². The Kier molecular flexibility index (Phi) is 4.30. The van der Waals surface area contributed by atoms with Gasteiger partial charge in [0.2, 0.25) is 0 Å². The van der Waals surface area contributed by atoms with Gasteiger partial charge < -0.3 is 4.99 Å². The molecule has 5 rings (SSSR count). The van der Waals surface area contributed by atoms with Crippen LogP contribution in [0.1, 0.15) is 31.9 Å². The first-order chi connectivity index (χ1) is 14.5. The van der Waals surface area contributed by atoms with Gasteiger partial charge in [-0.2, -0.15) is 15.3 Å². The van der Waals surface area contributed by atoms with Crippen LogP contribution in [-0.4, -0.2) is 47.4 Å². The summed E-state index contributed by atoms with van der Waals surface area (Å²) < 4.78 is 5.81. The van der Waals surface area contributed by atoms with E-state index in [4.69, 9.17) is 10.1 Å². The Morgan fingerprint density at radius 2 is 1.97 bits per heavy atom. The van der Waals surface area contributed by atoms with Crippen LogP contribution in [0.2, 0.25) is 0 Å². The minimum absolute atomic E-state index is 0.0340. The summed E-state index contributed by atoms with van der Waals surface area (Å²) in [7, 11) is 1.90. The van der Waals surface area contributed by atoms with Gasteiger partial charge >= 0.3 is 0 Å². The Morgan fingerprint density at radius 3 is 2.67 bits per heavy atom. The molecule has 8 heteroatoms. The van der Waals surface area contributed by atoms with Crippen LogP contribution in [0.4, 0.5) is 0 Å². The molecule has 4 aromatic heterocycles. The molecule has 0 N–H and O–H groups in total. The predicted molar refractivity (Wildman–Crippen MR) is 117 cm³/mol. The molecule has 154 valence electrons. The molecule has 0 amide bonds. The lowest BCUT2D eigenvalue weighted by Crippen LogP contribution is -2.46. The van der Waals surface area contributed by atoms with E-state index < -0.39 is 0 Å². The summed E-state index contributed by atoms with van der Waals surface area (Å²) in [5.74, 6) is 0.707. The van der Waals surface area contributed by atoms with E-state index in [1.807, 2.05) is 43.3 Å². The standard InChI is InChI=1S/C22H26N8/c1-15-8-22(9-15,5-6-23-3)30-13-18(11-25-30)21-20-7-16(2)27-29(20)14-19(26-21)17-10-24-28(4)12-17/h7,10-15H,3,5-6,8-9H2,1-2,4H3/t15-,22-. The third-order valence-electron chi connectivity index (χ3n) is 6.11. The lowest BCUT2D eigenvalue weighted by molar-refractivity contribution is 0.0566. The minimum Gasteiger partial charge on any atom is -0.301 e. The van der Waals surface area contributed by atoms with E-state index in [0.29, 0.717) is 5.92 Å². The Labute approximate surface area is 175 Å². The SMILES string of the molecule is C=NCC[C@]1(n2cc(-c3nc(-c4cnn(C)c4)cn4nc(C)cc34)cn2)C[C@H](C)C1. The van der Waals surface area contributed by atoms with E-state index >= 15 is 0 Å². The first kappa shape index (κ1) is 18.7. The molecule has 0 saturated heterocycles. The summed E-state index contributed by atoms with van der Waals surface area (Å²) in [5, 5.41) is 13.7. The van der Waals surface area contributed by atoms with Crippen molar-refractivity contribution < 1.29 is 0 Å². The Hall–Kier alpha value is -3.29. The Bertz CT molecular complexity index is 1220. The van der Waals surface area contributed by atoms with Crippen molar-refractivity contribution >= 4 is 12.2 Å². The van der Waals surface area contributed by atoms with E-state index in [9.17, 15) is 0 Å². The summed E-state index contributed by atoms with van der Waals surface area (Å²) in [6.45, 7) is 8.70. The summed E-state index contributed by atoms with van der Waals surface area (Å²) in [6, 6.07) is 2.06. The molecule has 4 aromatic rings. The zero-order valence-corrected chi connectivity index (χ0v) is 17.7. The number of aryl methyl sites for hydroxylation is 2. The summed E-state index contributed by atoms with van der Waals surface area (Å²) >= 11 is 0. The molecule has 0 atom stereocenters. The average molecular weight is 403 g/mol. The van der Waals surface area contributed by atoms with Crippen LogP contribution in [0.3, 0.4) is 0 Å². The van der Waals surface area contributed by atoms with Gasteiger partial charge in [0.25, 0.3) is 0 Å². The Balaban J connectivity index is 1.60. The molecule has 1 aliphatic carbocycles. The zero-order valence-electron chi connectivity index (χ0n) is 17.7. The molecule has 8 nitrogen and oxygen atoms in total. The molecule has 30 heavy (non-hydrogen) atoms. The van der Waals surface area contributed by atoms with Gasteiger partial charge in [-0.1, -0.05) is 6.92 Å². The molecular formula is C22H26N8. The topological polar surface area (TPSA) is 78.2 Å². The zero-order chi connectivity index (χ0) is 20.9. The number of fused-ring (bicyclic) bond motifs is 1. The quantitative estimate of drug-likeness (QED) is 0.462. The predicted octanol–water partition coefficient (Wildman–Crippen LogP) is 3.52. The van der Waals surface area contributed by atoms with Gasteiger partial charge in [0.05, 0.1) is 46.7 Å². The van der Waals surface area contributed by atoms with Crippen LogP contribution in [0.15, 0.2) is 42.0 Å². The third-order valence-corrected chi connectivity index (χ3v) is 6.11. The molecule has 1 saturated carbocycles. The second-order valence-electron chi connectivity index (χ2n) is 8.60. The molecule has 0 radical (unpaired) electrons. The normalized spacial score (nSPS) is 21.1. The lowest BCUT2D eigenvalue weighted by Gasteiger charge is -2.46. The molecule has 0 spiro atoms. The van der Waals surface area contributed by atoms with Crippen molar-refractivity contribution in [1.82, 2.24) is 34.2 Å². The van der Waals surface area contributed by atoms with E-state index in [2.05, 4.69) is 45.8 Å². The van der Waals surface area contributed by atoms with Crippen molar-refractivity contribution in [1.29, 1.82) is 0 Å². The molecule has 1 aliphatic rings. The number of aromatic nitrogens is 7. The average Bonchev–Trinajstić information content (AvgIpc) is 3.42. The van der Waals surface area contributed by atoms with Crippen LogP contribution in [0.5, 0.6) is 0 Å². The van der Waals surface area contributed by atoms with Gasteiger partial charge in [-0.25, -0.2) is 9.50 Å². The fourth-order valence-corrected chi connectivity index (χ4v) is 4.75. The third kappa shape index (κ3) is 3.03. The van der Waals surface area contributed by atoms with Crippen molar-refractivity contribution in [2.75, 3.05) is 6.54 Å². The minimum atomic E-state index is 0.0340. The second kappa shape index (κ2) is 6.90. The largest absolute Gasteiger partial charge is 0.301 e. The van der Waals surface area contributed by atoms with Crippen LogP contribution in [0.25, 0.3) is 28.0 Å². The van der Waals surface area contributed by atoms with Gasteiger partial charge in [-0.05, 0) is 44.9 Å². The summed E-state index contributed by atoms with van der Waals surface area (Å²) in [6.07, 6.45) is 13.0. The monoisotopic (exact) mass is 402 g/mol. The van der Waals surface area contributed by atoms with Gasteiger partial charge in [0.1, 0.15) is 0 Å². The maximum absolute atomic E-state index is 4.99. The van der Waals surface area contributed by atoms with E-state index in [1.165, 1.54) is 0 Å². The smallest absolute Gasteiger partial charge is 0.0999 e. The summed E-state index contributed by atoms with van der Waals surface area (Å²) in [5.41, 5.74) is 5.64. The molecule has 4 heterocycles. The fraction of sp³-hybridized carbons (Fsp3) is 0.409. The van der Waals surface area contributed by atoms with Crippen molar-refractivity contribution in [3.05, 3.63) is 42.7 Å². The fourth-order valence-electron chi connectivity index (χ4n) is 4.75. The number of hydrogen-bond acceptors (Lipinski definition) is 5. The van der Waals surface area contributed by atoms with Crippen molar-refractivity contribution in [3.63, 3.8) is 0 Å². The van der Waals surface area contributed by atoms with Gasteiger partial charge in [0.15, 0.2) is 0 Å². The van der Waals surface area contributed by atoms with Crippen LogP contribution < -0.4 is 0 Å². The van der Waals surface area contributed by atoms with E-state index in [-0.39, 0.29) is 5.54 Å². The molecule has 0 aliphatic heterocycles. The maximum atomic E-state index is 4.99. The molecule has 0 bridgehead atoms. The second-order valence-corrected chi connectivity index (χ2v) is 8.60. The maximum Gasteiger partial charge on any atom is 0.0999 e. The van der Waals surface area contributed by atoms with Crippen molar-refractivity contribution in [2.24, 2.45) is 18.0 Å². The van der Waals surface area contributed by atoms with Crippen molar-refractivity contribution in [2.45, 2.75) is 38.6 Å². The highest BCUT2D eigenvalue weighted by molar-refractivity contribution is 5.78. The van der Waals surface area contributed by atoms with Crippen molar-refractivity contribution in [3.8, 4) is 22.5 Å². The van der Waals surface area contributed by atoms with Crippen LogP contribution >= 0.6 is 0 Å². The number of nitrogens with zero attached hydrogens (tertiary/aromatic N) is 8. The Morgan fingerprint density at radius 1 is 1.17 bits per heavy atom. The first-order valence-corrected chi connectivity index (χ1v) is 10.3. The van der Waals surface area contributed by atoms with E-state index in [0.717, 1.165) is 59.5 Å². The number of hydrogen-bond donors (Lipinski definition) is 0. The highest BCUT2D eigenvalue weighted by Crippen LogP contribution is 2.46. The highest BCUT2D eigenvalue weighted by atomic mass is 15.3. The molecule has 0 aromatic carbocycles. The van der Waals surface area contributed by atoms with Crippen LogP contribution in [0, 0.1) is 12.8 Å². The van der Waals surface area contributed by atoms with Gasteiger partial charge in [-0.15, -0.1) is 0 Å². The molecule has 0 unspecified atom stereocenters. The number of rotatable bonds is 6. The molecular weight excluding hydrogens is 376 g/mol. The van der Waals surface area contributed by atoms with Gasteiger partial charge in [0, 0.05) is 37.1 Å². The highest BCUT2D eigenvalue weighted by Gasteiger charge is 2.44. The first-order valence-electron chi connectivity index (χ1n) is 10.3. The van der Waals surface area contributed by atoms with Gasteiger partial charge in [-0.3, -0.25) is 9.36 Å². The number of aliphatic imine (C=N–C) groups is 1.